The summed E-state index contributed by atoms with van der Waals surface area (Å²) in [6.07, 6.45) is 5.93. The van der Waals surface area contributed by atoms with E-state index in [1.54, 1.807) is 0 Å². The van der Waals surface area contributed by atoms with E-state index in [0.717, 1.165) is 69.1 Å². The van der Waals surface area contributed by atoms with Gasteiger partial charge in [0.1, 0.15) is 0 Å². The Kier molecular flexibility index (Phi) is 4.72. The predicted molar refractivity (Wildman–Crippen MR) is 95.4 cm³/mol. The van der Waals surface area contributed by atoms with Gasteiger partial charge < -0.3 is 14.6 Å². The Balaban J connectivity index is 1.27. The van der Waals surface area contributed by atoms with Gasteiger partial charge in [0.2, 0.25) is 0 Å². The maximum absolute atomic E-state index is 12.3. The number of rotatable bonds is 7. The molecule has 1 aromatic heterocycles. The molecule has 0 bridgehead atoms. The summed E-state index contributed by atoms with van der Waals surface area (Å²) in [6.45, 7) is 5.10. The van der Waals surface area contributed by atoms with Crippen LogP contribution in [0.5, 0.6) is 0 Å². The van der Waals surface area contributed by atoms with E-state index < -0.39 is 0 Å². The average Bonchev–Trinajstić information content (AvgIpc) is 3.36. The standard InChI is InChI=1S/C19H27N3O2/c23-19-20-17-4-1-2-5-18(17)22(19)16-8-11-21(12-9-16)10-3-13-24-14-15-6-7-15/h1-2,4-5,15-16H,3,6-14H2,(H,20,23). The molecule has 0 atom stereocenters. The van der Waals surface area contributed by atoms with Gasteiger partial charge in [0.25, 0.3) is 0 Å². The fourth-order valence-corrected chi connectivity index (χ4v) is 3.76. The van der Waals surface area contributed by atoms with Crippen LogP contribution < -0.4 is 5.69 Å². The van der Waals surface area contributed by atoms with E-state index in [2.05, 4.69) is 9.88 Å². The number of para-hydroxylation sites is 2. The third-order valence-electron chi connectivity index (χ3n) is 5.36. The number of likely N-dealkylation sites (tertiary alicyclic amines) is 1. The van der Waals surface area contributed by atoms with Crippen molar-refractivity contribution in [2.75, 3.05) is 32.8 Å². The highest BCUT2D eigenvalue weighted by molar-refractivity contribution is 5.75. The molecule has 2 aliphatic rings. The van der Waals surface area contributed by atoms with Gasteiger partial charge in [-0.3, -0.25) is 4.57 Å². The molecule has 0 spiro atoms. The van der Waals surface area contributed by atoms with Crippen molar-refractivity contribution < 1.29 is 4.74 Å². The zero-order valence-electron chi connectivity index (χ0n) is 14.2. The fraction of sp³-hybridized carbons (Fsp3) is 0.632. The van der Waals surface area contributed by atoms with Gasteiger partial charge in [-0.25, -0.2) is 4.79 Å². The van der Waals surface area contributed by atoms with Crippen LogP contribution in [0, 0.1) is 5.92 Å². The number of ether oxygens (including phenoxy) is 1. The van der Waals surface area contributed by atoms with E-state index in [-0.39, 0.29) is 5.69 Å². The number of piperidine rings is 1. The van der Waals surface area contributed by atoms with E-state index in [1.165, 1.54) is 12.8 Å². The Bertz CT molecular complexity index is 724. The number of fused-ring (bicyclic) bond motifs is 1. The monoisotopic (exact) mass is 329 g/mol. The van der Waals surface area contributed by atoms with Crippen molar-refractivity contribution in [1.82, 2.24) is 14.5 Å². The van der Waals surface area contributed by atoms with Crippen LogP contribution in [-0.2, 0) is 4.74 Å². The highest BCUT2D eigenvalue weighted by atomic mass is 16.5. The second-order valence-electron chi connectivity index (χ2n) is 7.26. The molecular weight excluding hydrogens is 302 g/mol. The van der Waals surface area contributed by atoms with Gasteiger partial charge >= 0.3 is 5.69 Å². The first-order chi connectivity index (χ1) is 11.8. The summed E-state index contributed by atoms with van der Waals surface area (Å²) in [6, 6.07) is 8.30. The number of nitrogens with zero attached hydrogens (tertiary/aromatic N) is 2. The fourth-order valence-electron chi connectivity index (χ4n) is 3.76. The maximum Gasteiger partial charge on any atom is 0.326 e. The number of imidazole rings is 1. The summed E-state index contributed by atoms with van der Waals surface area (Å²) in [5, 5.41) is 0. The molecular formula is C19H27N3O2. The molecule has 2 fully saturated rings. The molecule has 2 aromatic rings. The van der Waals surface area contributed by atoms with Crippen LogP contribution in [0.3, 0.4) is 0 Å². The summed E-state index contributed by atoms with van der Waals surface area (Å²) < 4.78 is 7.68. The minimum atomic E-state index is 0.0307. The molecule has 1 aliphatic heterocycles. The summed E-state index contributed by atoms with van der Waals surface area (Å²) >= 11 is 0. The summed E-state index contributed by atoms with van der Waals surface area (Å²) in [7, 11) is 0. The molecule has 1 aromatic carbocycles. The van der Waals surface area contributed by atoms with Crippen molar-refractivity contribution >= 4 is 11.0 Å². The second-order valence-corrected chi connectivity index (χ2v) is 7.26. The largest absolute Gasteiger partial charge is 0.381 e. The van der Waals surface area contributed by atoms with E-state index in [9.17, 15) is 4.79 Å². The smallest absolute Gasteiger partial charge is 0.326 e. The minimum absolute atomic E-state index is 0.0307. The lowest BCUT2D eigenvalue weighted by molar-refractivity contribution is 0.105. The van der Waals surface area contributed by atoms with Gasteiger partial charge in [0.15, 0.2) is 0 Å². The van der Waals surface area contributed by atoms with Gasteiger partial charge in [-0.05, 0) is 50.2 Å². The van der Waals surface area contributed by atoms with Gasteiger partial charge in [-0.15, -0.1) is 0 Å². The number of benzene rings is 1. The maximum atomic E-state index is 12.3. The summed E-state index contributed by atoms with van der Waals surface area (Å²) in [5.41, 5.74) is 2.01. The molecule has 24 heavy (non-hydrogen) atoms. The van der Waals surface area contributed by atoms with Crippen LogP contribution in [0.1, 0.15) is 38.1 Å². The van der Waals surface area contributed by atoms with E-state index in [1.807, 2.05) is 28.8 Å². The molecule has 0 radical (unpaired) electrons. The summed E-state index contributed by atoms with van der Waals surface area (Å²) in [5.74, 6) is 0.857. The van der Waals surface area contributed by atoms with Crippen molar-refractivity contribution in [3.63, 3.8) is 0 Å². The number of aromatic amines is 1. The third-order valence-corrected chi connectivity index (χ3v) is 5.36. The number of hydrogen-bond donors (Lipinski definition) is 1. The predicted octanol–water partition coefficient (Wildman–Crippen LogP) is 2.78. The third kappa shape index (κ3) is 3.57. The molecule has 2 heterocycles. The van der Waals surface area contributed by atoms with Crippen LogP contribution in [0.15, 0.2) is 29.1 Å². The number of hydrogen-bond acceptors (Lipinski definition) is 3. The van der Waals surface area contributed by atoms with Crippen LogP contribution in [0.4, 0.5) is 0 Å². The first kappa shape index (κ1) is 15.9. The Morgan fingerprint density at radius 1 is 1.12 bits per heavy atom. The Hall–Kier alpha value is -1.59. The SMILES string of the molecule is O=c1[nH]c2ccccc2n1C1CCN(CCCOCC2CC2)CC1. The quantitative estimate of drug-likeness (QED) is 0.795. The Morgan fingerprint density at radius 3 is 2.71 bits per heavy atom. The van der Waals surface area contributed by atoms with E-state index in [4.69, 9.17) is 4.74 Å². The van der Waals surface area contributed by atoms with Crippen LogP contribution in [0.25, 0.3) is 11.0 Å². The normalized spacial score (nSPS) is 20.0. The molecule has 130 valence electrons. The van der Waals surface area contributed by atoms with Crippen molar-refractivity contribution in [3.05, 3.63) is 34.7 Å². The molecule has 1 saturated heterocycles. The second kappa shape index (κ2) is 7.11. The molecule has 1 aliphatic carbocycles. The molecule has 0 unspecified atom stereocenters. The molecule has 4 rings (SSSR count). The Labute approximate surface area is 142 Å². The minimum Gasteiger partial charge on any atom is -0.381 e. The lowest BCUT2D eigenvalue weighted by Crippen LogP contribution is -2.37. The van der Waals surface area contributed by atoms with Crippen molar-refractivity contribution in [3.8, 4) is 0 Å². The Morgan fingerprint density at radius 2 is 1.92 bits per heavy atom. The molecule has 5 heteroatoms. The number of H-pyrrole nitrogens is 1. The highest BCUT2D eigenvalue weighted by Gasteiger charge is 2.23. The lowest BCUT2D eigenvalue weighted by atomic mass is 10.0. The van der Waals surface area contributed by atoms with Gasteiger partial charge in [0.05, 0.1) is 11.0 Å². The highest BCUT2D eigenvalue weighted by Crippen LogP contribution is 2.29. The first-order valence-corrected chi connectivity index (χ1v) is 9.30. The zero-order chi connectivity index (χ0) is 16.4. The average molecular weight is 329 g/mol. The van der Waals surface area contributed by atoms with E-state index >= 15 is 0 Å². The zero-order valence-corrected chi connectivity index (χ0v) is 14.2. The molecule has 1 saturated carbocycles. The first-order valence-electron chi connectivity index (χ1n) is 9.30. The van der Waals surface area contributed by atoms with Gasteiger partial charge in [-0.2, -0.15) is 0 Å². The number of nitrogens with one attached hydrogen (secondary N) is 1. The van der Waals surface area contributed by atoms with Crippen LogP contribution >= 0.6 is 0 Å². The topological polar surface area (TPSA) is 50.3 Å². The van der Waals surface area contributed by atoms with E-state index in [0.29, 0.717) is 6.04 Å². The van der Waals surface area contributed by atoms with Gasteiger partial charge in [-0.1, -0.05) is 12.1 Å². The van der Waals surface area contributed by atoms with Crippen LogP contribution in [-0.4, -0.2) is 47.3 Å². The molecule has 5 nitrogen and oxygen atoms in total. The van der Waals surface area contributed by atoms with Crippen molar-refractivity contribution in [2.24, 2.45) is 5.92 Å². The molecule has 0 amide bonds. The van der Waals surface area contributed by atoms with Crippen molar-refractivity contribution in [1.29, 1.82) is 0 Å². The van der Waals surface area contributed by atoms with Crippen molar-refractivity contribution in [2.45, 2.75) is 38.1 Å². The lowest BCUT2D eigenvalue weighted by Gasteiger charge is -2.32. The van der Waals surface area contributed by atoms with Crippen LogP contribution in [0.2, 0.25) is 0 Å². The van der Waals surface area contributed by atoms with Gasteiger partial charge in [0, 0.05) is 38.9 Å². The number of aromatic nitrogens is 2. The molecule has 1 N–H and O–H groups in total. The summed E-state index contributed by atoms with van der Waals surface area (Å²) in [4.78, 5) is 17.8.